The Hall–Kier alpha value is -1.62. The first-order valence-electron chi connectivity index (χ1n) is 4.27. The minimum Gasteiger partial charge on any atom is -0.360 e. The molecule has 0 spiro atoms. The van der Waals surface area contributed by atoms with Crippen LogP contribution in [0.1, 0.15) is 5.76 Å². The van der Waals surface area contributed by atoms with Gasteiger partial charge in [-0.1, -0.05) is 11.2 Å². The molecule has 5 nitrogen and oxygen atoms in total. The SMILES string of the molecule is C=CCNCC(=O)Nc1cc(C)on1. The molecule has 76 valence electrons. The van der Waals surface area contributed by atoms with Gasteiger partial charge in [-0.15, -0.1) is 6.58 Å². The summed E-state index contributed by atoms with van der Waals surface area (Å²) in [6, 6.07) is 1.66. The highest BCUT2D eigenvalue weighted by molar-refractivity contribution is 5.91. The Morgan fingerprint density at radius 1 is 1.79 bits per heavy atom. The molecule has 2 N–H and O–H groups in total. The Morgan fingerprint density at radius 3 is 3.14 bits per heavy atom. The molecule has 0 unspecified atom stereocenters. The largest absolute Gasteiger partial charge is 0.360 e. The van der Waals surface area contributed by atoms with Gasteiger partial charge in [0.1, 0.15) is 5.76 Å². The number of carbonyl (C=O) groups excluding carboxylic acids is 1. The molecule has 1 aromatic rings. The molecular formula is C9H13N3O2. The Balaban J connectivity index is 2.30. The molecule has 1 amide bonds. The molecule has 0 atom stereocenters. The molecular weight excluding hydrogens is 182 g/mol. The van der Waals surface area contributed by atoms with E-state index >= 15 is 0 Å². The van der Waals surface area contributed by atoms with Crippen LogP contribution in [0.15, 0.2) is 23.2 Å². The summed E-state index contributed by atoms with van der Waals surface area (Å²) >= 11 is 0. The fourth-order valence-corrected chi connectivity index (χ4v) is 0.900. The first kappa shape index (κ1) is 10.5. The van der Waals surface area contributed by atoms with Gasteiger partial charge >= 0.3 is 0 Å². The van der Waals surface area contributed by atoms with E-state index in [1.165, 1.54) is 0 Å². The number of amides is 1. The van der Waals surface area contributed by atoms with Crippen molar-refractivity contribution in [3.05, 3.63) is 24.5 Å². The molecule has 0 aliphatic carbocycles. The minimum atomic E-state index is -0.153. The second-order valence-electron chi connectivity index (χ2n) is 2.79. The van der Waals surface area contributed by atoms with Gasteiger partial charge in [0.15, 0.2) is 5.82 Å². The van der Waals surface area contributed by atoms with Crippen molar-refractivity contribution in [2.45, 2.75) is 6.92 Å². The Morgan fingerprint density at radius 2 is 2.57 bits per heavy atom. The highest BCUT2D eigenvalue weighted by Crippen LogP contribution is 2.05. The summed E-state index contributed by atoms with van der Waals surface area (Å²) in [5.74, 6) is 0.951. The van der Waals surface area contributed by atoms with Gasteiger partial charge in [-0.05, 0) is 6.92 Å². The third-order valence-corrected chi connectivity index (χ3v) is 1.47. The molecule has 1 rings (SSSR count). The number of nitrogens with one attached hydrogen (secondary N) is 2. The highest BCUT2D eigenvalue weighted by atomic mass is 16.5. The van der Waals surface area contributed by atoms with Crippen LogP contribution in [-0.4, -0.2) is 24.2 Å². The van der Waals surface area contributed by atoms with Crippen molar-refractivity contribution in [3.8, 4) is 0 Å². The van der Waals surface area contributed by atoms with Gasteiger partial charge in [0, 0.05) is 12.6 Å². The molecule has 5 heteroatoms. The van der Waals surface area contributed by atoms with E-state index in [0.717, 1.165) is 0 Å². The lowest BCUT2D eigenvalue weighted by molar-refractivity contribution is -0.115. The number of nitrogens with zero attached hydrogens (tertiary/aromatic N) is 1. The lowest BCUT2D eigenvalue weighted by atomic mass is 10.4. The second-order valence-corrected chi connectivity index (χ2v) is 2.79. The number of rotatable bonds is 5. The van der Waals surface area contributed by atoms with E-state index in [9.17, 15) is 4.79 Å². The zero-order valence-electron chi connectivity index (χ0n) is 8.04. The van der Waals surface area contributed by atoms with Crippen LogP contribution in [0, 0.1) is 6.92 Å². The molecule has 14 heavy (non-hydrogen) atoms. The number of hydrogen-bond donors (Lipinski definition) is 2. The Labute approximate surface area is 82.2 Å². The maximum atomic E-state index is 11.2. The van der Waals surface area contributed by atoms with E-state index in [4.69, 9.17) is 4.52 Å². The van der Waals surface area contributed by atoms with Gasteiger partial charge in [-0.3, -0.25) is 4.79 Å². The third-order valence-electron chi connectivity index (χ3n) is 1.47. The van der Waals surface area contributed by atoms with Crippen LogP contribution < -0.4 is 10.6 Å². The summed E-state index contributed by atoms with van der Waals surface area (Å²) in [4.78, 5) is 11.2. The van der Waals surface area contributed by atoms with Crippen LogP contribution in [0.25, 0.3) is 0 Å². The number of aromatic nitrogens is 1. The van der Waals surface area contributed by atoms with E-state index < -0.39 is 0 Å². The van der Waals surface area contributed by atoms with Crippen LogP contribution in [0.4, 0.5) is 5.82 Å². The van der Waals surface area contributed by atoms with Crippen molar-refractivity contribution in [2.75, 3.05) is 18.4 Å². The van der Waals surface area contributed by atoms with Crippen LogP contribution in [0.2, 0.25) is 0 Å². The van der Waals surface area contributed by atoms with Crippen molar-refractivity contribution < 1.29 is 9.32 Å². The Kier molecular flexibility index (Phi) is 3.87. The third kappa shape index (κ3) is 3.40. The summed E-state index contributed by atoms with van der Waals surface area (Å²) in [7, 11) is 0. The van der Waals surface area contributed by atoms with Crippen LogP contribution in [-0.2, 0) is 4.79 Å². The van der Waals surface area contributed by atoms with E-state index in [2.05, 4.69) is 22.4 Å². The van der Waals surface area contributed by atoms with E-state index in [-0.39, 0.29) is 12.5 Å². The number of anilines is 1. The number of aryl methyl sites for hydroxylation is 1. The van der Waals surface area contributed by atoms with E-state index in [0.29, 0.717) is 18.1 Å². The molecule has 0 fully saturated rings. The zero-order chi connectivity index (χ0) is 10.4. The van der Waals surface area contributed by atoms with Gasteiger partial charge in [0.2, 0.25) is 5.91 Å². The van der Waals surface area contributed by atoms with Crippen molar-refractivity contribution in [3.63, 3.8) is 0 Å². The average Bonchev–Trinajstić information content (AvgIpc) is 2.52. The van der Waals surface area contributed by atoms with Gasteiger partial charge in [0.05, 0.1) is 6.54 Å². The van der Waals surface area contributed by atoms with Crippen LogP contribution in [0.3, 0.4) is 0 Å². The summed E-state index contributed by atoms with van der Waals surface area (Å²) in [5, 5.41) is 9.08. The first-order valence-corrected chi connectivity index (χ1v) is 4.27. The van der Waals surface area contributed by atoms with Crippen molar-refractivity contribution in [1.29, 1.82) is 0 Å². The molecule has 0 bridgehead atoms. The fourth-order valence-electron chi connectivity index (χ4n) is 0.900. The number of carbonyl (C=O) groups is 1. The molecule has 0 aliphatic rings. The molecule has 0 saturated carbocycles. The average molecular weight is 195 g/mol. The first-order chi connectivity index (χ1) is 6.72. The minimum absolute atomic E-state index is 0.153. The predicted molar refractivity (Wildman–Crippen MR) is 52.9 cm³/mol. The maximum Gasteiger partial charge on any atom is 0.239 e. The normalized spacial score (nSPS) is 9.79. The quantitative estimate of drug-likeness (QED) is 0.536. The lowest BCUT2D eigenvalue weighted by Crippen LogP contribution is -2.28. The van der Waals surface area contributed by atoms with Crippen molar-refractivity contribution in [1.82, 2.24) is 10.5 Å². The van der Waals surface area contributed by atoms with E-state index in [1.807, 2.05) is 0 Å². The van der Waals surface area contributed by atoms with Crippen LogP contribution in [0.5, 0.6) is 0 Å². The molecule has 1 aromatic heterocycles. The monoisotopic (exact) mass is 195 g/mol. The highest BCUT2D eigenvalue weighted by Gasteiger charge is 2.04. The van der Waals surface area contributed by atoms with E-state index in [1.54, 1.807) is 19.1 Å². The predicted octanol–water partition coefficient (Wildman–Crippen LogP) is 0.697. The summed E-state index contributed by atoms with van der Waals surface area (Å²) < 4.78 is 4.79. The standard InChI is InChI=1S/C9H13N3O2/c1-3-4-10-6-9(13)11-8-5-7(2)14-12-8/h3,5,10H,1,4,6H2,2H3,(H,11,12,13). The molecule has 0 aliphatic heterocycles. The molecule has 1 heterocycles. The smallest absolute Gasteiger partial charge is 0.239 e. The molecule has 0 radical (unpaired) electrons. The van der Waals surface area contributed by atoms with Gasteiger partial charge in [-0.25, -0.2) is 0 Å². The van der Waals surface area contributed by atoms with Gasteiger partial charge in [-0.2, -0.15) is 0 Å². The fraction of sp³-hybridized carbons (Fsp3) is 0.333. The maximum absolute atomic E-state index is 11.2. The second kappa shape index (κ2) is 5.18. The lowest BCUT2D eigenvalue weighted by Gasteiger charge is -2.00. The van der Waals surface area contributed by atoms with Crippen LogP contribution >= 0.6 is 0 Å². The van der Waals surface area contributed by atoms with Gasteiger partial charge < -0.3 is 15.2 Å². The van der Waals surface area contributed by atoms with Gasteiger partial charge in [0.25, 0.3) is 0 Å². The topological polar surface area (TPSA) is 67.2 Å². The summed E-state index contributed by atoms with van der Waals surface area (Å²) in [5.41, 5.74) is 0. The Bertz CT molecular complexity index is 320. The zero-order valence-corrected chi connectivity index (χ0v) is 8.04. The summed E-state index contributed by atoms with van der Waals surface area (Å²) in [6.45, 7) is 6.12. The van der Waals surface area contributed by atoms with Crippen molar-refractivity contribution >= 4 is 11.7 Å². The molecule has 0 saturated heterocycles. The molecule has 0 aromatic carbocycles. The van der Waals surface area contributed by atoms with Crippen molar-refractivity contribution in [2.24, 2.45) is 0 Å². The number of hydrogen-bond acceptors (Lipinski definition) is 4. The summed E-state index contributed by atoms with van der Waals surface area (Å²) in [6.07, 6.45) is 1.69.